The van der Waals surface area contributed by atoms with Gasteiger partial charge in [-0.3, -0.25) is 10.1 Å². The molecule has 0 amide bonds. The number of fused-ring (bicyclic) bond motifs is 1. The van der Waals surface area contributed by atoms with Crippen LogP contribution in [0.15, 0.2) is 24.3 Å². The smallest absolute Gasteiger partial charge is 0.231 e. The molecule has 1 saturated heterocycles. The highest BCUT2D eigenvalue weighted by molar-refractivity contribution is 5.45. The predicted octanol–water partition coefficient (Wildman–Crippen LogP) is 1.63. The molecular weight excluding hydrogens is 330 g/mol. The predicted molar refractivity (Wildman–Crippen MR) is 99.1 cm³/mol. The van der Waals surface area contributed by atoms with Crippen LogP contribution in [0.1, 0.15) is 23.0 Å². The van der Waals surface area contributed by atoms with E-state index in [1.807, 2.05) is 13.0 Å². The van der Waals surface area contributed by atoms with Crippen LogP contribution in [0, 0.1) is 19.8 Å². The van der Waals surface area contributed by atoms with E-state index in [-0.39, 0.29) is 6.04 Å². The highest BCUT2D eigenvalue weighted by Crippen LogP contribution is 2.36. The van der Waals surface area contributed by atoms with Gasteiger partial charge in [0, 0.05) is 31.2 Å². The molecule has 2 unspecified atom stereocenters. The SMILES string of the molecule is Cc1cc(C)n(CCN(C)CC2CNNC2c2ccc3c(c2)OCO3)n1. The van der Waals surface area contributed by atoms with Crippen molar-refractivity contribution in [2.24, 2.45) is 5.92 Å². The van der Waals surface area contributed by atoms with Crippen molar-refractivity contribution in [1.82, 2.24) is 25.5 Å². The van der Waals surface area contributed by atoms with Gasteiger partial charge >= 0.3 is 0 Å². The first-order valence-corrected chi connectivity index (χ1v) is 9.17. The van der Waals surface area contributed by atoms with E-state index in [9.17, 15) is 0 Å². The van der Waals surface area contributed by atoms with Gasteiger partial charge in [-0.05, 0) is 44.7 Å². The van der Waals surface area contributed by atoms with E-state index in [1.54, 1.807) is 0 Å². The summed E-state index contributed by atoms with van der Waals surface area (Å²) in [6, 6.07) is 8.61. The number of benzene rings is 1. The molecule has 7 heteroatoms. The highest BCUT2D eigenvalue weighted by atomic mass is 16.7. The van der Waals surface area contributed by atoms with Crippen LogP contribution in [0.5, 0.6) is 11.5 Å². The van der Waals surface area contributed by atoms with Gasteiger partial charge in [0.15, 0.2) is 11.5 Å². The van der Waals surface area contributed by atoms with Crippen molar-refractivity contribution in [3.8, 4) is 11.5 Å². The molecule has 1 fully saturated rings. The Morgan fingerprint density at radius 1 is 1.23 bits per heavy atom. The number of hydrogen-bond donors (Lipinski definition) is 2. The molecule has 0 radical (unpaired) electrons. The topological polar surface area (TPSA) is 63.6 Å². The lowest BCUT2D eigenvalue weighted by molar-refractivity contribution is 0.174. The van der Waals surface area contributed by atoms with Crippen molar-refractivity contribution in [3.05, 3.63) is 41.2 Å². The lowest BCUT2D eigenvalue weighted by atomic mass is 9.94. The van der Waals surface area contributed by atoms with Crippen LogP contribution >= 0.6 is 0 Å². The van der Waals surface area contributed by atoms with E-state index < -0.39 is 0 Å². The molecule has 0 bridgehead atoms. The van der Waals surface area contributed by atoms with Gasteiger partial charge in [-0.25, -0.2) is 5.43 Å². The Kier molecular flexibility index (Phi) is 4.84. The second-order valence-electron chi connectivity index (χ2n) is 7.29. The minimum atomic E-state index is 0.264. The summed E-state index contributed by atoms with van der Waals surface area (Å²) in [6.45, 7) is 8.32. The summed E-state index contributed by atoms with van der Waals surface area (Å²) < 4.78 is 13.0. The van der Waals surface area contributed by atoms with E-state index in [1.165, 1.54) is 11.3 Å². The largest absolute Gasteiger partial charge is 0.454 e. The molecule has 1 aromatic heterocycles. The highest BCUT2D eigenvalue weighted by Gasteiger charge is 2.30. The van der Waals surface area contributed by atoms with Crippen molar-refractivity contribution >= 4 is 0 Å². The summed E-state index contributed by atoms with van der Waals surface area (Å²) in [5.74, 6) is 2.16. The number of nitrogens with zero attached hydrogens (tertiary/aromatic N) is 3. The summed E-state index contributed by atoms with van der Waals surface area (Å²) in [6.07, 6.45) is 0. The molecule has 3 heterocycles. The Morgan fingerprint density at radius 2 is 2.08 bits per heavy atom. The molecule has 2 aromatic rings. The molecular formula is C19H27N5O2. The van der Waals surface area contributed by atoms with Crippen molar-refractivity contribution < 1.29 is 9.47 Å². The third kappa shape index (κ3) is 3.56. The molecule has 7 nitrogen and oxygen atoms in total. The first kappa shape index (κ1) is 17.3. The van der Waals surface area contributed by atoms with Crippen LogP contribution in [0.4, 0.5) is 0 Å². The molecule has 2 N–H and O–H groups in total. The number of rotatable bonds is 6. The Morgan fingerprint density at radius 3 is 2.88 bits per heavy atom. The maximum absolute atomic E-state index is 5.53. The van der Waals surface area contributed by atoms with E-state index in [0.29, 0.717) is 12.7 Å². The van der Waals surface area contributed by atoms with Gasteiger partial charge in [0.25, 0.3) is 0 Å². The molecule has 140 valence electrons. The number of ether oxygens (including phenoxy) is 2. The standard InChI is InChI=1S/C19H27N5O2/c1-13-8-14(2)24(22-13)7-6-23(3)11-16-10-20-21-19(16)15-4-5-17-18(9-15)26-12-25-17/h4-5,8-9,16,19-21H,6-7,10-12H2,1-3H3. The molecule has 1 aromatic carbocycles. The van der Waals surface area contributed by atoms with Crippen LogP contribution in [-0.4, -0.2) is 48.2 Å². The fourth-order valence-electron chi connectivity index (χ4n) is 3.83. The fourth-order valence-corrected chi connectivity index (χ4v) is 3.83. The minimum Gasteiger partial charge on any atom is -0.454 e. The molecule has 0 aliphatic carbocycles. The van der Waals surface area contributed by atoms with Crippen molar-refractivity contribution in [2.45, 2.75) is 26.4 Å². The molecule has 0 spiro atoms. The monoisotopic (exact) mass is 357 g/mol. The number of aromatic nitrogens is 2. The summed E-state index contributed by atoms with van der Waals surface area (Å²) in [5.41, 5.74) is 10.3. The molecule has 4 rings (SSSR count). The van der Waals surface area contributed by atoms with Gasteiger partial charge in [-0.15, -0.1) is 0 Å². The van der Waals surface area contributed by atoms with Gasteiger partial charge in [0.05, 0.1) is 18.3 Å². The maximum atomic E-state index is 5.53. The van der Waals surface area contributed by atoms with E-state index in [0.717, 1.165) is 43.4 Å². The third-order valence-corrected chi connectivity index (χ3v) is 5.19. The molecule has 2 atom stereocenters. The Hall–Kier alpha value is -2.09. The van der Waals surface area contributed by atoms with Crippen molar-refractivity contribution in [2.75, 3.05) is 33.5 Å². The summed E-state index contributed by atoms with van der Waals surface area (Å²) in [5, 5.41) is 4.55. The normalized spacial score (nSPS) is 21.7. The zero-order valence-electron chi connectivity index (χ0n) is 15.7. The lowest BCUT2D eigenvalue weighted by Gasteiger charge is -2.25. The average molecular weight is 357 g/mol. The zero-order chi connectivity index (χ0) is 18.1. The van der Waals surface area contributed by atoms with E-state index >= 15 is 0 Å². The molecule has 26 heavy (non-hydrogen) atoms. The molecule has 2 aliphatic rings. The van der Waals surface area contributed by atoms with Gasteiger partial charge in [0.2, 0.25) is 6.79 Å². The molecule has 2 aliphatic heterocycles. The van der Waals surface area contributed by atoms with Crippen molar-refractivity contribution in [3.63, 3.8) is 0 Å². The third-order valence-electron chi connectivity index (χ3n) is 5.19. The number of hydrogen-bond acceptors (Lipinski definition) is 6. The van der Waals surface area contributed by atoms with Gasteiger partial charge in [-0.2, -0.15) is 5.10 Å². The minimum absolute atomic E-state index is 0.264. The Bertz CT molecular complexity index is 775. The first-order valence-electron chi connectivity index (χ1n) is 9.17. The van der Waals surface area contributed by atoms with Crippen LogP contribution in [-0.2, 0) is 6.54 Å². The number of likely N-dealkylation sites (N-methyl/N-ethyl adjacent to an activating group) is 1. The van der Waals surface area contributed by atoms with Crippen LogP contribution in [0.3, 0.4) is 0 Å². The van der Waals surface area contributed by atoms with E-state index in [4.69, 9.17) is 9.47 Å². The lowest BCUT2D eigenvalue weighted by Crippen LogP contribution is -2.32. The van der Waals surface area contributed by atoms with Crippen molar-refractivity contribution in [1.29, 1.82) is 0 Å². The Labute approximate surface area is 154 Å². The zero-order valence-corrected chi connectivity index (χ0v) is 15.7. The Balaban J connectivity index is 1.36. The number of aryl methyl sites for hydroxylation is 2. The fraction of sp³-hybridized carbons (Fsp3) is 0.526. The number of hydrazine groups is 1. The molecule has 0 saturated carbocycles. The maximum Gasteiger partial charge on any atom is 0.231 e. The van der Waals surface area contributed by atoms with Gasteiger partial charge in [-0.1, -0.05) is 6.07 Å². The first-order chi connectivity index (χ1) is 12.6. The summed E-state index contributed by atoms with van der Waals surface area (Å²) in [4.78, 5) is 2.38. The van der Waals surface area contributed by atoms with Gasteiger partial charge < -0.3 is 14.4 Å². The quantitative estimate of drug-likeness (QED) is 0.819. The van der Waals surface area contributed by atoms with Gasteiger partial charge in [0.1, 0.15) is 0 Å². The summed E-state index contributed by atoms with van der Waals surface area (Å²) >= 11 is 0. The van der Waals surface area contributed by atoms with Crippen LogP contribution in [0.25, 0.3) is 0 Å². The second-order valence-corrected chi connectivity index (χ2v) is 7.29. The average Bonchev–Trinajstić information content (AvgIpc) is 3.32. The van der Waals surface area contributed by atoms with Crippen LogP contribution < -0.4 is 20.3 Å². The second kappa shape index (κ2) is 7.26. The van der Waals surface area contributed by atoms with E-state index in [2.05, 4.69) is 57.7 Å². The number of nitrogens with one attached hydrogen (secondary N) is 2. The van der Waals surface area contributed by atoms with Crippen LogP contribution in [0.2, 0.25) is 0 Å². The summed E-state index contributed by atoms with van der Waals surface area (Å²) in [7, 11) is 2.18.